The van der Waals surface area contributed by atoms with Crippen LogP contribution in [-0.4, -0.2) is 0 Å². The first-order valence-corrected chi connectivity index (χ1v) is 4.41. The maximum atomic E-state index is 4.02. The van der Waals surface area contributed by atoms with Gasteiger partial charge in [-0.1, -0.05) is 44.5 Å². The topological polar surface area (TPSA) is 12.0 Å². The highest BCUT2D eigenvalue weighted by molar-refractivity contribution is 7.81. The number of thiol groups is 1. The van der Waals surface area contributed by atoms with Crippen molar-refractivity contribution in [3.8, 4) is 0 Å². The summed E-state index contributed by atoms with van der Waals surface area (Å²) in [5, 5.41) is 0. The van der Waals surface area contributed by atoms with Crippen molar-refractivity contribution in [2.75, 3.05) is 4.72 Å². The second-order valence-electron chi connectivity index (χ2n) is 2.61. The first-order valence-electron chi connectivity index (χ1n) is 3.97. The molecule has 2 heteroatoms. The smallest absolute Gasteiger partial charge is 0.0513 e. The van der Waals surface area contributed by atoms with Gasteiger partial charge in [0.1, 0.15) is 0 Å². The number of rotatable bonds is 3. The standard InChI is InChI=1S/C10H13NS/c1-3-8(2)9-6-4-5-7-10(9)11-12/h4-7,11-12H,2-3H2,1H3. The van der Waals surface area contributed by atoms with Crippen LogP contribution >= 0.6 is 12.8 Å². The van der Waals surface area contributed by atoms with E-state index >= 15 is 0 Å². The van der Waals surface area contributed by atoms with Crippen LogP contribution in [0.2, 0.25) is 0 Å². The van der Waals surface area contributed by atoms with Crippen LogP contribution in [0, 0.1) is 0 Å². The molecule has 0 aliphatic carbocycles. The van der Waals surface area contributed by atoms with E-state index in [1.807, 2.05) is 24.3 Å². The lowest BCUT2D eigenvalue weighted by Crippen LogP contribution is -1.88. The predicted octanol–water partition coefficient (Wildman–Crippen LogP) is 3.37. The molecule has 0 bridgehead atoms. The summed E-state index contributed by atoms with van der Waals surface area (Å²) in [4.78, 5) is 0. The Hall–Kier alpha value is -0.890. The van der Waals surface area contributed by atoms with E-state index in [1.165, 1.54) is 0 Å². The fourth-order valence-corrected chi connectivity index (χ4v) is 1.27. The average molecular weight is 179 g/mol. The van der Waals surface area contributed by atoms with Crippen LogP contribution in [0.3, 0.4) is 0 Å². The normalized spacial score (nSPS) is 9.50. The Morgan fingerprint density at radius 1 is 1.50 bits per heavy atom. The van der Waals surface area contributed by atoms with E-state index in [1.54, 1.807) is 0 Å². The highest BCUT2D eigenvalue weighted by Gasteiger charge is 2.00. The highest BCUT2D eigenvalue weighted by atomic mass is 32.1. The third-order valence-corrected chi connectivity index (χ3v) is 2.10. The molecule has 1 aromatic rings. The number of nitrogens with one attached hydrogen (secondary N) is 1. The highest BCUT2D eigenvalue weighted by Crippen LogP contribution is 2.24. The van der Waals surface area contributed by atoms with Crippen LogP contribution in [0.1, 0.15) is 18.9 Å². The minimum absolute atomic E-state index is 0.965. The molecule has 12 heavy (non-hydrogen) atoms. The zero-order valence-corrected chi connectivity index (χ0v) is 8.07. The third-order valence-electron chi connectivity index (χ3n) is 1.86. The summed E-state index contributed by atoms with van der Waals surface area (Å²) in [7, 11) is 0. The largest absolute Gasteiger partial charge is 0.332 e. The lowest BCUT2D eigenvalue weighted by molar-refractivity contribution is 1.25. The van der Waals surface area contributed by atoms with Gasteiger partial charge in [0.25, 0.3) is 0 Å². The molecule has 0 aliphatic heterocycles. The van der Waals surface area contributed by atoms with Crippen LogP contribution in [0.5, 0.6) is 0 Å². The maximum absolute atomic E-state index is 4.02. The lowest BCUT2D eigenvalue weighted by atomic mass is 10.0. The molecule has 0 unspecified atom stereocenters. The SMILES string of the molecule is C=C(CC)c1ccccc1NS. The Balaban J connectivity index is 3.04. The number of allylic oxidation sites excluding steroid dienone is 1. The lowest BCUT2D eigenvalue weighted by Gasteiger charge is -2.08. The zero-order valence-electron chi connectivity index (χ0n) is 7.17. The van der Waals surface area contributed by atoms with Gasteiger partial charge in [-0.25, -0.2) is 0 Å². The van der Waals surface area contributed by atoms with E-state index < -0.39 is 0 Å². The second kappa shape index (κ2) is 4.21. The molecule has 0 amide bonds. The van der Waals surface area contributed by atoms with Crippen molar-refractivity contribution in [3.63, 3.8) is 0 Å². The van der Waals surface area contributed by atoms with Gasteiger partial charge in [-0.15, -0.1) is 0 Å². The second-order valence-corrected chi connectivity index (χ2v) is 2.84. The van der Waals surface area contributed by atoms with Gasteiger partial charge in [-0.2, -0.15) is 0 Å². The Morgan fingerprint density at radius 2 is 2.17 bits per heavy atom. The molecule has 0 radical (unpaired) electrons. The molecule has 1 aromatic carbocycles. The molecule has 1 rings (SSSR count). The van der Waals surface area contributed by atoms with Crippen molar-refractivity contribution in [1.29, 1.82) is 0 Å². The molecule has 0 fully saturated rings. The van der Waals surface area contributed by atoms with Gasteiger partial charge >= 0.3 is 0 Å². The Morgan fingerprint density at radius 3 is 2.75 bits per heavy atom. The van der Waals surface area contributed by atoms with Gasteiger partial charge in [-0.05, 0) is 18.1 Å². The fourth-order valence-electron chi connectivity index (χ4n) is 1.08. The number of hydrogen-bond acceptors (Lipinski definition) is 2. The van der Waals surface area contributed by atoms with Crippen LogP contribution in [-0.2, 0) is 0 Å². The fraction of sp³-hybridized carbons (Fsp3) is 0.200. The molecule has 0 aliphatic rings. The summed E-state index contributed by atoms with van der Waals surface area (Å²) < 4.78 is 2.84. The van der Waals surface area contributed by atoms with E-state index in [0.717, 1.165) is 23.2 Å². The van der Waals surface area contributed by atoms with Crippen LogP contribution < -0.4 is 4.72 Å². The molecule has 1 N–H and O–H groups in total. The minimum Gasteiger partial charge on any atom is -0.332 e. The van der Waals surface area contributed by atoms with Crippen molar-refractivity contribution in [1.82, 2.24) is 0 Å². The number of hydrogen-bond donors (Lipinski definition) is 2. The van der Waals surface area contributed by atoms with E-state index in [4.69, 9.17) is 0 Å². The summed E-state index contributed by atoms with van der Waals surface area (Å²) in [6.07, 6.45) is 0.965. The van der Waals surface area contributed by atoms with Crippen molar-refractivity contribution < 1.29 is 0 Å². The van der Waals surface area contributed by atoms with Crippen molar-refractivity contribution in [2.24, 2.45) is 0 Å². The van der Waals surface area contributed by atoms with Gasteiger partial charge < -0.3 is 4.72 Å². The number of anilines is 1. The van der Waals surface area contributed by atoms with Crippen molar-refractivity contribution >= 4 is 24.1 Å². The summed E-state index contributed by atoms with van der Waals surface area (Å²) in [5.74, 6) is 0. The molecule has 1 nitrogen and oxygen atoms in total. The molecule has 0 aromatic heterocycles. The van der Waals surface area contributed by atoms with Gasteiger partial charge in [-0.3, -0.25) is 0 Å². The summed E-state index contributed by atoms with van der Waals surface area (Å²) in [6, 6.07) is 8.02. The average Bonchev–Trinajstić information content (AvgIpc) is 2.16. The molecule has 0 atom stereocenters. The first kappa shape index (κ1) is 9.20. The number of para-hydroxylation sites is 1. The minimum atomic E-state index is 0.965. The molecule has 0 heterocycles. The van der Waals surface area contributed by atoms with E-state index in [2.05, 4.69) is 31.0 Å². The third kappa shape index (κ3) is 1.83. The van der Waals surface area contributed by atoms with Crippen LogP contribution in [0.4, 0.5) is 5.69 Å². The molecule has 0 spiro atoms. The molecule has 64 valence electrons. The summed E-state index contributed by atoms with van der Waals surface area (Å²) >= 11 is 4.02. The summed E-state index contributed by atoms with van der Waals surface area (Å²) in [5.41, 5.74) is 3.30. The van der Waals surface area contributed by atoms with Gasteiger partial charge in [0.05, 0.1) is 5.69 Å². The van der Waals surface area contributed by atoms with Gasteiger partial charge in [0.2, 0.25) is 0 Å². The quantitative estimate of drug-likeness (QED) is 0.678. The zero-order chi connectivity index (χ0) is 8.97. The van der Waals surface area contributed by atoms with Gasteiger partial charge in [0.15, 0.2) is 0 Å². The molecule has 0 saturated heterocycles. The van der Waals surface area contributed by atoms with E-state index in [-0.39, 0.29) is 0 Å². The van der Waals surface area contributed by atoms with Crippen molar-refractivity contribution in [3.05, 3.63) is 36.4 Å². The van der Waals surface area contributed by atoms with Crippen LogP contribution in [0.15, 0.2) is 30.8 Å². The Bertz CT molecular complexity index is 281. The molecular weight excluding hydrogens is 166 g/mol. The Kier molecular flexibility index (Phi) is 3.23. The van der Waals surface area contributed by atoms with E-state index in [0.29, 0.717) is 0 Å². The Labute approximate surface area is 79.0 Å². The van der Waals surface area contributed by atoms with Gasteiger partial charge in [0, 0.05) is 5.56 Å². The monoisotopic (exact) mass is 179 g/mol. The summed E-state index contributed by atoms with van der Waals surface area (Å²) in [6.45, 7) is 6.07. The van der Waals surface area contributed by atoms with Crippen LogP contribution in [0.25, 0.3) is 5.57 Å². The maximum Gasteiger partial charge on any atom is 0.0513 e. The van der Waals surface area contributed by atoms with E-state index in [9.17, 15) is 0 Å². The first-order chi connectivity index (χ1) is 5.79. The number of benzene rings is 1. The van der Waals surface area contributed by atoms with Crippen molar-refractivity contribution in [2.45, 2.75) is 13.3 Å². The molecular formula is C10H13NS. The predicted molar refractivity (Wildman–Crippen MR) is 58.4 cm³/mol. The molecule has 0 saturated carbocycles.